The molecule has 104 valence electrons. The number of nitrogens with zero attached hydrogens (tertiary/aromatic N) is 1. The number of thiazole rings is 1. The first kappa shape index (κ1) is 13.9. The third kappa shape index (κ3) is 3.29. The molecule has 0 aliphatic carbocycles. The molecule has 0 radical (unpaired) electrons. The second-order valence-corrected chi connectivity index (χ2v) is 4.73. The lowest BCUT2D eigenvalue weighted by Crippen LogP contribution is -2.21. The summed E-state index contributed by atoms with van der Waals surface area (Å²) in [5.74, 6) is -2.02. The maximum absolute atomic E-state index is 13.0. The Kier molecular flexibility index (Phi) is 3.94. The SMILES string of the molecule is Cc1csc(NC(=O)Nc2ccc(F)cc2C(=O)O)n1. The number of carboxylic acid groups (broad SMARTS) is 1. The average molecular weight is 295 g/mol. The summed E-state index contributed by atoms with van der Waals surface area (Å²) in [6.45, 7) is 1.78. The van der Waals surface area contributed by atoms with Gasteiger partial charge in [0.1, 0.15) is 5.82 Å². The van der Waals surface area contributed by atoms with Gasteiger partial charge in [0.2, 0.25) is 0 Å². The Balaban J connectivity index is 2.13. The van der Waals surface area contributed by atoms with E-state index in [4.69, 9.17) is 5.11 Å². The van der Waals surface area contributed by atoms with Crippen LogP contribution in [0.1, 0.15) is 16.1 Å². The third-order valence-corrected chi connectivity index (χ3v) is 3.18. The van der Waals surface area contributed by atoms with Crippen molar-refractivity contribution in [3.8, 4) is 0 Å². The molecule has 20 heavy (non-hydrogen) atoms. The smallest absolute Gasteiger partial charge is 0.337 e. The van der Waals surface area contributed by atoms with Crippen LogP contribution in [-0.2, 0) is 0 Å². The molecule has 3 N–H and O–H groups in total. The highest BCUT2D eigenvalue weighted by Gasteiger charge is 2.14. The molecule has 0 saturated heterocycles. The molecule has 0 atom stereocenters. The number of hydrogen-bond donors (Lipinski definition) is 3. The number of nitrogens with one attached hydrogen (secondary N) is 2. The summed E-state index contributed by atoms with van der Waals surface area (Å²) in [5, 5.41) is 15.9. The highest BCUT2D eigenvalue weighted by molar-refractivity contribution is 7.13. The summed E-state index contributed by atoms with van der Waals surface area (Å²) in [4.78, 5) is 26.7. The molecule has 0 spiro atoms. The Labute approximate surface area is 117 Å². The van der Waals surface area contributed by atoms with Crippen molar-refractivity contribution in [1.82, 2.24) is 4.98 Å². The van der Waals surface area contributed by atoms with Gasteiger partial charge < -0.3 is 10.4 Å². The summed E-state index contributed by atoms with van der Waals surface area (Å²) in [5.41, 5.74) is 0.443. The molecule has 1 heterocycles. The lowest BCUT2D eigenvalue weighted by Gasteiger charge is -2.08. The Morgan fingerprint density at radius 1 is 1.35 bits per heavy atom. The Morgan fingerprint density at radius 2 is 2.10 bits per heavy atom. The van der Waals surface area contributed by atoms with Crippen LogP contribution in [0.15, 0.2) is 23.6 Å². The zero-order valence-electron chi connectivity index (χ0n) is 10.3. The Hall–Kier alpha value is -2.48. The van der Waals surface area contributed by atoms with E-state index in [9.17, 15) is 14.0 Å². The Morgan fingerprint density at radius 3 is 2.70 bits per heavy atom. The van der Waals surface area contributed by atoms with Gasteiger partial charge in [-0.2, -0.15) is 0 Å². The maximum Gasteiger partial charge on any atom is 0.337 e. The molecule has 0 unspecified atom stereocenters. The summed E-state index contributed by atoms with van der Waals surface area (Å²) >= 11 is 1.24. The largest absolute Gasteiger partial charge is 0.478 e. The van der Waals surface area contributed by atoms with Crippen LogP contribution in [0.3, 0.4) is 0 Å². The van der Waals surface area contributed by atoms with Crippen molar-refractivity contribution in [2.24, 2.45) is 0 Å². The zero-order valence-corrected chi connectivity index (χ0v) is 11.1. The summed E-state index contributed by atoms with van der Waals surface area (Å²) < 4.78 is 13.0. The number of rotatable bonds is 3. The van der Waals surface area contributed by atoms with E-state index in [2.05, 4.69) is 15.6 Å². The molecular weight excluding hydrogens is 285 g/mol. The molecule has 0 aliphatic heterocycles. The molecule has 2 aromatic rings. The predicted molar refractivity (Wildman–Crippen MR) is 72.9 cm³/mol. The predicted octanol–water partition coefficient (Wildman–Crippen LogP) is 2.93. The third-order valence-electron chi connectivity index (χ3n) is 2.30. The molecular formula is C12H10FN3O3S. The van der Waals surface area contributed by atoms with Crippen LogP contribution in [0.2, 0.25) is 0 Å². The van der Waals surface area contributed by atoms with E-state index in [1.165, 1.54) is 17.4 Å². The highest BCUT2D eigenvalue weighted by atomic mass is 32.1. The molecule has 2 amide bonds. The van der Waals surface area contributed by atoms with Crippen LogP contribution in [0.4, 0.5) is 20.0 Å². The van der Waals surface area contributed by atoms with Gasteiger partial charge in [-0.3, -0.25) is 5.32 Å². The normalized spacial score (nSPS) is 10.1. The van der Waals surface area contributed by atoms with E-state index in [0.29, 0.717) is 5.13 Å². The number of benzene rings is 1. The first-order chi connectivity index (χ1) is 9.45. The van der Waals surface area contributed by atoms with Crippen LogP contribution in [0.25, 0.3) is 0 Å². The van der Waals surface area contributed by atoms with Crippen LogP contribution in [-0.4, -0.2) is 22.1 Å². The van der Waals surface area contributed by atoms with Crippen molar-refractivity contribution in [1.29, 1.82) is 0 Å². The number of aromatic nitrogens is 1. The Bertz CT molecular complexity index is 672. The van der Waals surface area contributed by atoms with Gasteiger partial charge >= 0.3 is 12.0 Å². The lowest BCUT2D eigenvalue weighted by molar-refractivity contribution is 0.0697. The van der Waals surface area contributed by atoms with Crippen molar-refractivity contribution >= 4 is 34.2 Å². The van der Waals surface area contributed by atoms with Crippen LogP contribution in [0.5, 0.6) is 0 Å². The van der Waals surface area contributed by atoms with Crippen molar-refractivity contribution in [2.75, 3.05) is 10.6 Å². The van der Waals surface area contributed by atoms with Crippen molar-refractivity contribution in [2.45, 2.75) is 6.92 Å². The number of carbonyl (C=O) groups is 2. The minimum absolute atomic E-state index is 0.00433. The summed E-state index contributed by atoms with van der Waals surface area (Å²) in [6.07, 6.45) is 0. The fourth-order valence-corrected chi connectivity index (χ4v) is 2.15. The van der Waals surface area contributed by atoms with E-state index in [1.807, 2.05) is 0 Å². The monoisotopic (exact) mass is 295 g/mol. The number of amides is 2. The minimum atomic E-state index is -1.33. The number of carboxylic acids is 1. The zero-order chi connectivity index (χ0) is 14.7. The minimum Gasteiger partial charge on any atom is -0.478 e. The summed E-state index contributed by atoms with van der Waals surface area (Å²) in [7, 11) is 0. The molecule has 8 heteroatoms. The molecule has 1 aromatic heterocycles. The number of carbonyl (C=O) groups excluding carboxylic acids is 1. The molecule has 1 aromatic carbocycles. The lowest BCUT2D eigenvalue weighted by atomic mass is 10.2. The van der Waals surface area contributed by atoms with Crippen molar-refractivity contribution in [3.05, 3.63) is 40.7 Å². The van der Waals surface area contributed by atoms with Gasteiger partial charge in [-0.25, -0.2) is 19.0 Å². The number of urea groups is 1. The van der Waals surface area contributed by atoms with Crippen LogP contribution < -0.4 is 10.6 Å². The quantitative estimate of drug-likeness (QED) is 0.812. The highest BCUT2D eigenvalue weighted by Crippen LogP contribution is 2.19. The number of halogens is 1. The number of aryl methyl sites for hydroxylation is 1. The molecule has 0 aliphatic rings. The topological polar surface area (TPSA) is 91.3 Å². The molecule has 0 bridgehead atoms. The van der Waals surface area contributed by atoms with E-state index < -0.39 is 17.8 Å². The first-order valence-electron chi connectivity index (χ1n) is 5.48. The van der Waals surface area contributed by atoms with E-state index in [1.54, 1.807) is 12.3 Å². The fraction of sp³-hybridized carbons (Fsp3) is 0.0833. The molecule has 0 saturated carbocycles. The molecule has 6 nitrogen and oxygen atoms in total. The van der Waals surface area contributed by atoms with Gasteiger partial charge in [0.05, 0.1) is 16.9 Å². The standard InChI is InChI=1S/C12H10FN3O3S/c1-6-5-20-12(14-6)16-11(19)15-9-3-2-7(13)4-8(9)10(17)18/h2-5H,1H3,(H,17,18)(H2,14,15,16,19). The van der Waals surface area contributed by atoms with Gasteiger partial charge in [-0.1, -0.05) is 0 Å². The summed E-state index contributed by atoms with van der Waals surface area (Å²) in [6, 6.07) is 2.44. The van der Waals surface area contributed by atoms with Gasteiger partial charge in [0, 0.05) is 5.38 Å². The number of aromatic carboxylic acids is 1. The molecule has 2 rings (SSSR count). The van der Waals surface area contributed by atoms with E-state index in [-0.39, 0.29) is 11.3 Å². The van der Waals surface area contributed by atoms with Gasteiger partial charge in [0.15, 0.2) is 5.13 Å². The van der Waals surface area contributed by atoms with Crippen LogP contribution in [0, 0.1) is 12.7 Å². The first-order valence-corrected chi connectivity index (χ1v) is 6.36. The number of hydrogen-bond acceptors (Lipinski definition) is 4. The molecule has 0 fully saturated rings. The number of anilines is 2. The van der Waals surface area contributed by atoms with Crippen LogP contribution >= 0.6 is 11.3 Å². The van der Waals surface area contributed by atoms with Crippen molar-refractivity contribution < 1.29 is 19.1 Å². The average Bonchev–Trinajstić information content (AvgIpc) is 2.76. The van der Waals surface area contributed by atoms with Gasteiger partial charge in [-0.05, 0) is 25.1 Å². The van der Waals surface area contributed by atoms with Gasteiger partial charge in [-0.15, -0.1) is 11.3 Å². The second kappa shape index (κ2) is 5.66. The van der Waals surface area contributed by atoms with Crippen molar-refractivity contribution in [3.63, 3.8) is 0 Å². The maximum atomic E-state index is 13.0. The van der Waals surface area contributed by atoms with E-state index in [0.717, 1.165) is 17.8 Å². The fourth-order valence-electron chi connectivity index (χ4n) is 1.46. The van der Waals surface area contributed by atoms with E-state index >= 15 is 0 Å². The van der Waals surface area contributed by atoms with Gasteiger partial charge in [0.25, 0.3) is 0 Å². The second-order valence-electron chi connectivity index (χ2n) is 3.87.